The lowest BCUT2D eigenvalue weighted by atomic mass is 10.2. The Morgan fingerprint density at radius 3 is 2.35 bits per heavy atom. The van der Waals surface area contributed by atoms with Crippen LogP contribution in [0.1, 0.15) is 11.3 Å². The first kappa shape index (κ1) is 16.3. The van der Waals surface area contributed by atoms with Gasteiger partial charge in [-0.05, 0) is 55.0 Å². The van der Waals surface area contributed by atoms with Crippen LogP contribution in [0.4, 0.5) is 5.69 Å². The van der Waals surface area contributed by atoms with E-state index >= 15 is 0 Å². The van der Waals surface area contributed by atoms with Gasteiger partial charge in [-0.15, -0.1) is 0 Å². The molecule has 0 saturated heterocycles. The molecule has 1 aromatic heterocycles. The summed E-state index contributed by atoms with van der Waals surface area (Å²) in [5.74, 6) is 1.54. The molecule has 2 aromatic carbocycles. The normalized spacial score (nSPS) is 10.8. The molecule has 0 unspecified atom stereocenters. The highest BCUT2D eigenvalue weighted by atomic mass is 35.5. The van der Waals surface area contributed by atoms with Crippen molar-refractivity contribution in [2.75, 3.05) is 5.32 Å². The van der Waals surface area contributed by atoms with Crippen molar-refractivity contribution in [1.29, 1.82) is 0 Å². The van der Waals surface area contributed by atoms with Gasteiger partial charge in [0, 0.05) is 26.3 Å². The predicted octanol–water partition coefficient (Wildman–Crippen LogP) is 6.83. The van der Waals surface area contributed by atoms with Crippen LogP contribution >= 0.6 is 34.8 Å². The largest absolute Gasteiger partial charge is 0.459 e. The molecule has 0 aliphatic carbocycles. The zero-order valence-corrected chi connectivity index (χ0v) is 14.6. The number of hydrogen-bond donors (Lipinski definition) is 1. The molecule has 3 aromatic rings. The van der Waals surface area contributed by atoms with Crippen LogP contribution in [0.3, 0.4) is 0 Å². The number of aryl methyl sites for hydroxylation is 1. The molecule has 0 aliphatic rings. The molecule has 0 saturated carbocycles. The van der Waals surface area contributed by atoms with Gasteiger partial charge in [-0.3, -0.25) is 0 Å². The van der Waals surface area contributed by atoms with Gasteiger partial charge >= 0.3 is 0 Å². The van der Waals surface area contributed by atoms with E-state index in [0.717, 1.165) is 33.4 Å². The summed E-state index contributed by atoms with van der Waals surface area (Å²) in [7, 11) is 0. The molecule has 118 valence electrons. The van der Waals surface area contributed by atoms with Crippen LogP contribution in [0, 0.1) is 6.92 Å². The molecule has 0 aliphatic heterocycles. The summed E-state index contributed by atoms with van der Waals surface area (Å²) in [6.07, 6.45) is 0. The van der Waals surface area contributed by atoms with E-state index in [2.05, 4.69) is 5.32 Å². The molecule has 3 rings (SSSR count). The third-order valence-corrected chi connectivity index (χ3v) is 4.29. The van der Waals surface area contributed by atoms with Gasteiger partial charge < -0.3 is 9.73 Å². The third kappa shape index (κ3) is 4.03. The molecule has 1 N–H and O–H groups in total. The quantitative estimate of drug-likeness (QED) is 0.547. The van der Waals surface area contributed by atoms with Crippen LogP contribution in [0.15, 0.2) is 52.9 Å². The van der Waals surface area contributed by atoms with Crippen molar-refractivity contribution in [1.82, 2.24) is 0 Å². The maximum Gasteiger partial charge on any atom is 0.134 e. The lowest BCUT2D eigenvalue weighted by Crippen LogP contribution is -1.98. The molecule has 5 heteroatoms. The summed E-state index contributed by atoms with van der Waals surface area (Å²) < 4.78 is 5.84. The fourth-order valence-electron chi connectivity index (χ4n) is 2.22. The molecule has 0 spiro atoms. The first-order valence-electron chi connectivity index (χ1n) is 7.06. The van der Waals surface area contributed by atoms with Gasteiger partial charge in [0.1, 0.15) is 11.5 Å². The molecular formula is C18H14Cl3NO. The minimum Gasteiger partial charge on any atom is -0.459 e. The molecule has 0 bridgehead atoms. The first-order valence-corrected chi connectivity index (χ1v) is 8.20. The Bertz CT molecular complexity index is 822. The van der Waals surface area contributed by atoms with Crippen LogP contribution in [0.5, 0.6) is 0 Å². The van der Waals surface area contributed by atoms with Gasteiger partial charge in [-0.1, -0.05) is 40.9 Å². The van der Waals surface area contributed by atoms with E-state index in [1.807, 2.05) is 49.4 Å². The third-order valence-electron chi connectivity index (χ3n) is 3.45. The summed E-state index contributed by atoms with van der Waals surface area (Å²) in [6, 6.07) is 15.0. The Hall–Kier alpha value is -1.61. The van der Waals surface area contributed by atoms with E-state index in [-0.39, 0.29) is 0 Å². The number of benzene rings is 2. The number of hydrogen-bond acceptors (Lipinski definition) is 2. The Kier molecular flexibility index (Phi) is 4.86. The molecule has 0 atom stereocenters. The monoisotopic (exact) mass is 365 g/mol. The highest BCUT2D eigenvalue weighted by molar-refractivity contribution is 6.35. The second-order valence-electron chi connectivity index (χ2n) is 5.24. The van der Waals surface area contributed by atoms with Crippen molar-refractivity contribution in [3.05, 3.63) is 74.9 Å². The second kappa shape index (κ2) is 6.88. The van der Waals surface area contributed by atoms with Crippen LogP contribution in [0.25, 0.3) is 11.3 Å². The fourth-order valence-corrected chi connectivity index (χ4v) is 2.92. The molecule has 0 radical (unpaired) electrons. The maximum atomic E-state index is 6.12. The van der Waals surface area contributed by atoms with Gasteiger partial charge in [0.2, 0.25) is 0 Å². The van der Waals surface area contributed by atoms with Crippen LogP contribution in [-0.4, -0.2) is 0 Å². The Morgan fingerprint density at radius 2 is 1.65 bits per heavy atom. The molecule has 23 heavy (non-hydrogen) atoms. The van der Waals surface area contributed by atoms with Crippen molar-refractivity contribution < 1.29 is 4.42 Å². The average molecular weight is 367 g/mol. The van der Waals surface area contributed by atoms with E-state index in [1.165, 1.54) is 0 Å². The Balaban J connectivity index is 1.73. The Labute approximate surface area is 150 Å². The van der Waals surface area contributed by atoms with Crippen molar-refractivity contribution in [2.45, 2.75) is 13.5 Å². The summed E-state index contributed by atoms with van der Waals surface area (Å²) in [6.45, 7) is 2.54. The maximum absolute atomic E-state index is 6.12. The summed E-state index contributed by atoms with van der Waals surface area (Å²) in [5, 5.41) is 5.19. The number of furan rings is 1. The predicted molar refractivity (Wildman–Crippen MR) is 97.7 cm³/mol. The SMILES string of the molecule is Cc1ccc(NCc2ccc(-c3cc(Cl)cc(Cl)c3)o2)cc1Cl. The van der Waals surface area contributed by atoms with Gasteiger partial charge in [-0.25, -0.2) is 0 Å². The van der Waals surface area contributed by atoms with Crippen molar-refractivity contribution in [3.8, 4) is 11.3 Å². The molecule has 1 heterocycles. The van der Waals surface area contributed by atoms with Crippen molar-refractivity contribution >= 4 is 40.5 Å². The molecule has 0 amide bonds. The molecular weight excluding hydrogens is 353 g/mol. The lowest BCUT2D eigenvalue weighted by molar-refractivity contribution is 0.531. The van der Waals surface area contributed by atoms with Gasteiger partial charge in [0.25, 0.3) is 0 Å². The highest BCUT2D eigenvalue weighted by Gasteiger charge is 2.07. The van der Waals surface area contributed by atoms with Crippen molar-refractivity contribution in [3.63, 3.8) is 0 Å². The van der Waals surface area contributed by atoms with E-state index in [4.69, 9.17) is 39.2 Å². The molecule has 2 nitrogen and oxygen atoms in total. The highest BCUT2D eigenvalue weighted by Crippen LogP contribution is 2.29. The van der Waals surface area contributed by atoms with E-state index in [9.17, 15) is 0 Å². The van der Waals surface area contributed by atoms with E-state index in [1.54, 1.807) is 6.07 Å². The lowest BCUT2D eigenvalue weighted by Gasteiger charge is -2.06. The van der Waals surface area contributed by atoms with Crippen molar-refractivity contribution in [2.24, 2.45) is 0 Å². The standard InChI is InChI=1S/C18H14Cl3NO/c1-11-2-3-15(9-17(11)21)22-10-16-4-5-18(23-16)12-6-13(19)8-14(20)7-12/h2-9,22H,10H2,1H3. The van der Waals surface area contributed by atoms with E-state index in [0.29, 0.717) is 16.6 Å². The number of anilines is 1. The van der Waals surface area contributed by atoms with Gasteiger partial charge in [0.15, 0.2) is 0 Å². The smallest absolute Gasteiger partial charge is 0.134 e. The average Bonchev–Trinajstić information content (AvgIpc) is 2.96. The minimum absolute atomic E-state index is 0.563. The van der Waals surface area contributed by atoms with Crippen LogP contribution < -0.4 is 5.32 Å². The minimum atomic E-state index is 0.563. The van der Waals surface area contributed by atoms with Crippen LogP contribution in [0.2, 0.25) is 15.1 Å². The van der Waals surface area contributed by atoms with Gasteiger partial charge in [-0.2, -0.15) is 0 Å². The number of rotatable bonds is 4. The topological polar surface area (TPSA) is 25.2 Å². The zero-order valence-electron chi connectivity index (χ0n) is 12.4. The molecule has 0 fully saturated rings. The van der Waals surface area contributed by atoms with Crippen LogP contribution in [-0.2, 0) is 6.54 Å². The number of nitrogens with one attached hydrogen (secondary N) is 1. The Morgan fingerprint density at radius 1 is 0.913 bits per heavy atom. The second-order valence-corrected chi connectivity index (χ2v) is 6.52. The summed E-state index contributed by atoms with van der Waals surface area (Å²) in [5.41, 5.74) is 2.85. The first-order chi connectivity index (χ1) is 11.0. The number of halogens is 3. The van der Waals surface area contributed by atoms with E-state index < -0.39 is 0 Å². The summed E-state index contributed by atoms with van der Waals surface area (Å²) >= 11 is 18.2. The van der Waals surface area contributed by atoms with Gasteiger partial charge in [0.05, 0.1) is 6.54 Å². The zero-order chi connectivity index (χ0) is 16.4. The summed E-state index contributed by atoms with van der Waals surface area (Å²) in [4.78, 5) is 0. The fraction of sp³-hybridized carbons (Fsp3) is 0.111.